The van der Waals surface area contributed by atoms with Gasteiger partial charge in [-0.05, 0) is 36.3 Å². The summed E-state index contributed by atoms with van der Waals surface area (Å²) in [5.74, 6) is 0. The van der Waals surface area contributed by atoms with E-state index in [-0.39, 0.29) is 6.04 Å². The van der Waals surface area contributed by atoms with E-state index in [1.807, 2.05) is 38.0 Å². The van der Waals surface area contributed by atoms with Crippen molar-refractivity contribution in [3.8, 4) is 0 Å². The minimum absolute atomic E-state index is 0.138. The molecule has 108 valence electrons. The van der Waals surface area contributed by atoms with Gasteiger partial charge in [-0.1, -0.05) is 6.92 Å². The number of likely N-dealkylation sites (N-methyl/N-ethyl adjacent to an activating group) is 1. The Labute approximate surface area is 128 Å². The van der Waals surface area contributed by atoms with Gasteiger partial charge in [-0.2, -0.15) is 5.10 Å². The van der Waals surface area contributed by atoms with Gasteiger partial charge in [0.25, 0.3) is 0 Å². The van der Waals surface area contributed by atoms with E-state index < -0.39 is 0 Å². The topological polar surface area (TPSA) is 55.6 Å². The fourth-order valence-electron chi connectivity index (χ4n) is 2.21. The van der Waals surface area contributed by atoms with Crippen LogP contribution in [0.25, 0.3) is 0 Å². The maximum absolute atomic E-state index is 4.49. The van der Waals surface area contributed by atoms with Crippen molar-refractivity contribution in [3.63, 3.8) is 0 Å². The first kappa shape index (κ1) is 15.1. The number of aromatic nitrogens is 4. The third-order valence-electron chi connectivity index (χ3n) is 3.27. The number of aryl methyl sites for hydroxylation is 3. The van der Waals surface area contributed by atoms with Crippen LogP contribution in [0, 0.1) is 13.8 Å². The molecule has 0 fully saturated rings. The van der Waals surface area contributed by atoms with Crippen molar-refractivity contribution in [3.05, 3.63) is 39.6 Å². The van der Waals surface area contributed by atoms with E-state index in [0.717, 1.165) is 40.2 Å². The molecule has 2 aromatic rings. The molecule has 0 aliphatic rings. The first-order chi connectivity index (χ1) is 9.52. The van der Waals surface area contributed by atoms with Crippen molar-refractivity contribution in [1.82, 2.24) is 25.1 Å². The molecular formula is C14H20BrN5. The second kappa shape index (κ2) is 6.45. The Morgan fingerprint density at radius 3 is 2.55 bits per heavy atom. The Morgan fingerprint density at radius 2 is 2.05 bits per heavy atom. The van der Waals surface area contributed by atoms with Crippen molar-refractivity contribution >= 4 is 15.9 Å². The lowest BCUT2D eigenvalue weighted by molar-refractivity contribution is 0.514. The van der Waals surface area contributed by atoms with E-state index in [9.17, 15) is 0 Å². The molecule has 1 N–H and O–H groups in total. The Hall–Kier alpha value is -1.27. The van der Waals surface area contributed by atoms with Gasteiger partial charge in [0.05, 0.1) is 39.5 Å². The number of halogens is 1. The van der Waals surface area contributed by atoms with Crippen molar-refractivity contribution in [2.45, 2.75) is 33.2 Å². The minimum Gasteiger partial charge on any atom is -0.309 e. The third-order valence-corrected chi connectivity index (χ3v) is 4.30. The van der Waals surface area contributed by atoms with Crippen LogP contribution in [0.3, 0.4) is 0 Å². The van der Waals surface area contributed by atoms with Gasteiger partial charge in [-0.15, -0.1) is 0 Å². The maximum atomic E-state index is 4.49. The highest BCUT2D eigenvalue weighted by Gasteiger charge is 2.18. The predicted molar refractivity (Wildman–Crippen MR) is 82.5 cm³/mol. The van der Waals surface area contributed by atoms with Crippen LogP contribution >= 0.6 is 15.9 Å². The number of nitrogens with zero attached hydrogens (tertiary/aromatic N) is 4. The first-order valence-corrected chi connectivity index (χ1v) is 7.52. The molecule has 1 atom stereocenters. The summed E-state index contributed by atoms with van der Waals surface area (Å²) in [7, 11) is 1.97. The molecule has 0 aromatic carbocycles. The fourth-order valence-corrected chi connectivity index (χ4v) is 2.70. The number of hydrogen-bond acceptors (Lipinski definition) is 4. The van der Waals surface area contributed by atoms with E-state index in [1.54, 1.807) is 0 Å². The zero-order valence-corrected chi connectivity index (χ0v) is 13.9. The molecule has 1 unspecified atom stereocenters. The lowest BCUT2D eigenvalue weighted by Gasteiger charge is -2.17. The van der Waals surface area contributed by atoms with Gasteiger partial charge in [0.2, 0.25) is 0 Å². The molecule has 0 amide bonds. The second-order valence-corrected chi connectivity index (χ2v) is 5.66. The van der Waals surface area contributed by atoms with Gasteiger partial charge in [-0.25, -0.2) is 0 Å². The van der Waals surface area contributed by atoms with E-state index in [0.29, 0.717) is 0 Å². The summed E-state index contributed by atoms with van der Waals surface area (Å²) < 4.78 is 2.99. The molecular weight excluding hydrogens is 318 g/mol. The van der Waals surface area contributed by atoms with Crippen LogP contribution in [-0.4, -0.2) is 26.3 Å². The Kier molecular flexibility index (Phi) is 4.88. The number of rotatable bonds is 5. The van der Waals surface area contributed by atoms with Gasteiger partial charge in [0, 0.05) is 19.7 Å². The lowest BCUT2D eigenvalue weighted by atomic mass is 10.1. The number of hydrogen-bond donors (Lipinski definition) is 1. The summed E-state index contributed by atoms with van der Waals surface area (Å²) in [4.78, 5) is 8.83. The SMILES string of the molecule is CCNC(Cc1c(Br)c(C)nn1C)c1cnc(C)cn1. The maximum Gasteiger partial charge on any atom is 0.0760 e. The molecule has 0 aliphatic carbocycles. The first-order valence-electron chi connectivity index (χ1n) is 6.72. The normalized spacial score (nSPS) is 12.7. The van der Waals surface area contributed by atoms with Crippen LogP contribution in [0.4, 0.5) is 0 Å². The average molecular weight is 338 g/mol. The Balaban J connectivity index is 2.27. The number of nitrogens with one attached hydrogen (secondary N) is 1. The van der Waals surface area contributed by atoms with E-state index in [2.05, 4.69) is 43.2 Å². The van der Waals surface area contributed by atoms with Crippen LogP contribution in [-0.2, 0) is 13.5 Å². The standard InChI is InChI=1S/C14H20BrN5/c1-5-16-11(12-8-17-9(2)7-18-12)6-13-14(15)10(3)19-20(13)4/h7-8,11,16H,5-6H2,1-4H3. The van der Waals surface area contributed by atoms with Crippen molar-refractivity contribution in [1.29, 1.82) is 0 Å². The molecule has 0 aliphatic heterocycles. The molecule has 0 bridgehead atoms. The summed E-state index contributed by atoms with van der Waals surface area (Å²) in [5, 5.41) is 7.90. The van der Waals surface area contributed by atoms with Crippen molar-refractivity contribution < 1.29 is 0 Å². The van der Waals surface area contributed by atoms with Crippen LogP contribution < -0.4 is 5.32 Å². The fraction of sp³-hybridized carbons (Fsp3) is 0.500. The molecule has 5 nitrogen and oxygen atoms in total. The van der Waals surface area contributed by atoms with Crippen LogP contribution in [0.1, 0.15) is 35.7 Å². The molecule has 0 saturated heterocycles. The van der Waals surface area contributed by atoms with Gasteiger partial charge >= 0.3 is 0 Å². The molecule has 6 heteroatoms. The van der Waals surface area contributed by atoms with E-state index >= 15 is 0 Å². The zero-order valence-electron chi connectivity index (χ0n) is 12.3. The summed E-state index contributed by atoms with van der Waals surface area (Å²) in [6, 6.07) is 0.138. The third kappa shape index (κ3) is 3.24. The average Bonchev–Trinajstić information content (AvgIpc) is 2.65. The van der Waals surface area contributed by atoms with Crippen LogP contribution in [0.15, 0.2) is 16.9 Å². The van der Waals surface area contributed by atoms with Gasteiger partial charge in [0.15, 0.2) is 0 Å². The van der Waals surface area contributed by atoms with Gasteiger partial charge in [-0.3, -0.25) is 14.6 Å². The highest BCUT2D eigenvalue weighted by atomic mass is 79.9. The molecule has 0 saturated carbocycles. The predicted octanol–water partition coefficient (Wildman–Crippen LogP) is 2.48. The van der Waals surface area contributed by atoms with Crippen LogP contribution in [0.5, 0.6) is 0 Å². The van der Waals surface area contributed by atoms with Gasteiger partial charge < -0.3 is 5.32 Å². The van der Waals surface area contributed by atoms with Crippen molar-refractivity contribution in [2.24, 2.45) is 7.05 Å². The summed E-state index contributed by atoms with van der Waals surface area (Å²) in [6.45, 7) is 6.93. The zero-order chi connectivity index (χ0) is 14.7. The Morgan fingerprint density at radius 1 is 1.30 bits per heavy atom. The Bertz CT molecular complexity index is 576. The largest absolute Gasteiger partial charge is 0.309 e. The molecule has 2 heterocycles. The lowest BCUT2D eigenvalue weighted by Crippen LogP contribution is -2.25. The van der Waals surface area contributed by atoms with Crippen LogP contribution in [0.2, 0.25) is 0 Å². The monoisotopic (exact) mass is 337 g/mol. The molecule has 2 rings (SSSR count). The summed E-state index contributed by atoms with van der Waals surface area (Å²) in [5.41, 5.74) is 4.06. The van der Waals surface area contributed by atoms with E-state index in [4.69, 9.17) is 0 Å². The minimum atomic E-state index is 0.138. The molecule has 20 heavy (non-hydrogen) atoms. The molecule has 0 spiro atoms. The highest BCUT2D eigenvalue weighted by Crippen LogP contribution is 2.25. The summed E-state index contributed by atoms with van der Waals surface area (Å²) >= 11 is 3.62. The molecule has 0 radical (unpaired) electrons. The summed E-state index contributed by atoms with van der Waals surface area (Å²) in [6.07, 6.45) is 4.48. The van der Waals surface area contributed by atoms with Crippen molar-refractivity contribution in [2.75, 3.05) is 6.54 Å². The van der Waals surface area contributed by atoms with Gasteiger partial charge in [0.1, 0.15) is 0 Å². The smallest absolute Gasteiger partial charge is 0.0760 e. The van der Waals surface area contributed by atoms with E-state index in [1.165, 1.54) is 0 Å². The molecule has 2 aromatic heterocycles. The highest BCUT2D eigenvalue weighted by molar-refractivity contribution is 9.10. The quantitative estimate of drug-likeness (QED) is 0.910. The second-order valence-electron chi connectivity index (χ2n) is 4.87.